The van der Waals surface area contributed by atoms with E-state index in [9.17, 15) is 24.3 Å². The minimum absolute atomic E-state index is 0.00735. The van der Waals surface area contributed by atoms with Gasteiger partial charge in [-0.3, -0.25) is 14.4 Å². The highest BCUT2D eigenvalue weighted by Crippen LogP contribution is 2.21. The first-order chi connectivity index (χ1) is 26.0. The highest BCUT2D eigenvalue weighted by atomic mass is 32.1. The van der Waals surface area contributed by atoms with Gasteiger partial charge in [-0.15, -0.1) is 0 Å². The second-order valence-electron chi connectivity index (χ2n) is 14.2. The number of alkyl carbamates (subject to hydrolysis) is 1. The van der Waals surface area contributed by atoms with E-state index in [1.807, 2.05) is 100 Å². The van der Waals surface area contributed by atoms with Crippen molar-refractivity contribution in [3.63, 3.8) is 0 Å². The van der Waals surface area contributed by atoms with Gasteiger partial charge in [0.1, 0.15) is 18.7 Å². The molecule has 0 aliphatic carbocycles. The van der Waals surface area contributed by atoms with Gasteiger partial charge in [0.25, 0.3) is 0 Å². The van der Waals surface area contributed by atoms with Crippen LogP contribution < -0.4 is 21.3 Å². The number of hydrogen-bond donors (Lipinski definition) is 7. The molecule has 13 heteroatoms. The number of benzene rings is 3. The van der Waals surface area contributed by atoms with E-state index < -0.39 is 41.3 Å². The fraction of sp³-hybridized carbons (Fsp3) is 0.439. The second kappa shape index (κ2) is 21.1. The molecule has 12 nitrogen and oxygen atoms in total. The molecule has 0 unspecified atom stereocenters. The Labute approximate surface area is 323 Å². The number of hydrogen-bond acceptors (Lipinski definition) is 8. The van der Waals surface area contributed by atoms with E-state index in [2.05, 4.69) is 31.2 Å². The molecule has 54 heavy (non-hydrogen) atoms. The van der Waals surface area contributed by atoms with E-state index in [-0.39, 0.29) is 56.3 Å². The number of aromatic amines is 1. The zero-order valence-electron chi connectivity index (χ0n) is 31.5. The summed E-state index contributed by atoms with van der Waals surface area (Å²) in [5.41, 5.74) is 2.23. The minimum atomic E-state index is -1.10. The van der Waals surface area contributed by atoms with Crippen LogP contribution in [-0.2, 0) is 38.6 Å². The SMILES string of the molecule is CC[C@H](C)[C@@H](CO)NC(=O)C[C@H](S)[C@H](CC(C)C)NC(=O)[C@H](Cc1cnc[nH]1)NC(=O)[C@H](Cc1cccc2ccccc12)NC(=O)OCc1ccccc1. The number of ether oxygens (including phenoxy) is 1. The number of H-pyrrole nitrogens is 1. The predicted octanol–water partition coefficient (Wildman–Crippen LogP) is 4.87. The number of carbonyl (C=O) groups excluding carboxylic acids is 4. The number of carbonyl (C=O) groups is 4. The highest BCUT2D eigenvalue weighted by molar-refractivity contribution is 7.81. The first-order valence-electron chi connectivity index (χ1n) is 18.6. The number of nitrogens with zero attached hydrogens (tertiary/aromatic N) is 1. The maximum Gasteiger partial charge on any atom is 0.408 e. The van der Waals surface area contributed by atoms with Crippen LogP contribution in [0.3, 0.4) is 0 Å². The maximum absolute atomic E-state index is 14.2. The van der Waals surface area contributed by atoms with Crippen LogP contribution in [0.1, 0.15) is 63.8 Å². The lowest BCUT2D eigenvalue weighted by molar-refractivity contribution is -0.130. The van der Waals surface area contributed by atoms with Crippen molar-refractivity contribution in [2.75, 3.05) is 6.61 Å². The highest BCUT2D eigenvalue weighted by Gasteiger charge is 2.32. The van der Waals surface area contributed by atoms with Crippen LogP contribution in [-0.4, -0.2) is 74.9 Å². The fourth-order valence-electron chi connectivity index (χ4n) is 6.26. The van der Waals surface area contributed by atoms with Gasteiger partial charge in [-0.25, -0.2) is 9.78 Å². The maximum atomic E-state index is 14.2. The first-order valence-corrected chi connectivity index (χ1v) is 19.1. The van der Waals surface area contributed by atoms with E-state index in [1.54, 1.807) is 6.20 Å². The van der Waals surface area contributed by atoms with Crippen molar-refractivity contribution in [2.24, 2.45) is 11.8 Å². The predicted molar refractivity (Wildman–Crippen MR) is 213 cm³/mol. The molecule has 0 aliphatic rings. The number of nitrogens with one attached hydrogen (secondary N) is 5. The molecule has 6 atom stereocenters. The van der Waals surface area contributed by atoms with E-state index in [4.69, 9.17) is 17.4 Å². The molecular weight excluding hydrogens is 705 g/mol. The van der Waals surface area contributed by atoms with Crippen LogP contribution >= 0.6 is 12.6 Å². The summed E-state index contributed by atoms with van der Waals surface area (Å²) in [7, 11) is 0. The molecule has 290 valence electrons. The Bertz CT molecular complexity index is 1780. The largest absolute Gasteiger partial charge is 0.445 e. The Balaban J connectivity index is 1.55. The zero-order valence-corrected chi connectivity index (χ0v) is 32.4. The summed E-state index contributed by atoms with van der Waals surface area (Å²) in [5.74, 6) is -1.11. The number of aliphatic hydroxyl groups excluding tert-OH is 1. The third-order valence-corrected chi connectivity index (χ3v) is 10.1. The molecule has 1 heterocycles. The van der Waals surface area contributed by atoms with Crippen molar-refractivity contribution in [1.82, 2.24) is 31.2 Å². The molecule has 3 aromatic carbocycles. The second-order valence-corrected chi connectivity index (χ2v) is 14.9. The molecule has 0 fully saturated rings. The number of aliphatic hydroxyl groups is 1. The van der Waals surface area contributed by atoms with Gasteiger partial charge in [0.15, 0.2) is 0 Å². The zero-order chi connectivity index (χ0) is 39.0. The summed E-state index contributed by atoms with van der Waals surface area (Å²) in [5, 5.41) is 22.8. The average Bonchev–Trinajstić information content (AvgIpc) is 3.68. The lowest BCUT2D eigenvalue weighted by Gasteiger charge is -2.30. The van der Waals surface area contributed by atoms with Crippen LogP contribution in [0.25, 0.3) is 10.8 Å². The summed E-state index contributed by atoms with van der Waals surface area (Å²) in [6.07, 6.45) is 3.81. The Morgan fingerprint density at radius 2 is 1.52 bits per heavy atom. The van der Waals surface area contributed by atoms with Crippen LogP contribution in [0, 0.1) is 11.8 Å². The van der Waals surface area contributed by atoms with Gasteiger partial charge in [-0.2, -0.15) is 12.6 Å². The topological polar surface area (TPSA) is 175 Å². The summed E-state index contributed by atoms with van der Waals surface area (Å²) in [4.78, 5) is 61.6. The number of aromatic nitrogens is 2. The number of rotatable bonds is 20. The average molecular weight is 759 g/mol. The van der Waals surface area contributed by atoms with Crippen molar-refractivity contribution >= 4 is 47.2 Å². The van der Waals surface area contributed by atoms with Gasteiger partial charge in [-0.1, -0.05) is 107 Å². The molecule has 0 saturated carbocycles. The molecule has 4 aromatic rings. The Morgan fingerprint density at radius 3 is 2.20 bits per heavy atom. The molecule has 0 bridgehead atoms. The van der Waals surface area contributed by atoms with Gasteiger partial charge in [0, 0.05) is 42.4 Å². The Hall–Kier alpha value is -4.88. The third-order valence-electron chi connectivity index (χ3n) is 9.52. The fourth-order valence-corrected chi connectivity index (χ4v) is 6.62. The van der Waals surface area contributed by atoms with Gasteiger partial charge >= 0.3 is 6.09 Å². The van der Waals surface area contributed by atoms with E-state index >= 15 is 0 Å². The monoisotopic (exact) mass is 758 g/mol. The molecule has 4 amide bonds. The summed E-state index contributed by atoms with van der Waals surface area (Å²) < 4.78 is 5.49. The van der Waals surface area contributed by atoms with Gasteiger partial charge in [0.2, 0.25) is 17.7 Å². The lowest BCUT2D eigenvalue weighted by Crippen LogP contribution is -2.57. The van der Waals surface area contributed by atoms with E-state index in [0.717, 1.165) is 28.3 Å². The van der Waals surface area contributed by atoms with Crippen molar-refractivity contribution in [3.05, 3.63) is 102 Å². The van der Waals surface area contributed by atoms with Crippen molar-refractivity contribution in [2.45, 2.75) is 95.8 Å². The molecule has 6 N–H and O–H groups in total. The molecule has 0 spiro atoms. The lowest BCUT2D eigenvalue weighted by atomic mass is 9.96. The third kappa shape index (κ3) is 12.9. The van der Waals surface area contributed by atoms with Gasteiger partial charge in [0.05, 0.1) is 19.0 Å². The molecule has 0 saturated heterocycles. The molecule has 0 radical (unpaired) electrons. The summed E-state index contributed by atoms with van der Waals surface area (Å²) >= 11 is 4.77. The van der Waals surface area contributed by atoms with Crippen LogP contribution in [0.15, 0.2) is 85.3 Å². The summed E-state index contributed by atoms with van der Waals surface area (Å²) in [6, 6.07) is 19.7. The van der Waals surface area contributed by atoms with Crippen LogP contribution in [0.4, 0.5) is 4.79 Å². The quantitative estimate of drug-likeness (QED) is 0.0630. The minimum Gasteiger partial charge on any atom is -0.445 e. The standard InChI is InChI=1S/C41H54N6O6S/c1-5-27(4)36(23-48)44-38(49)21-37(54)33(18-26(2)3)45-40(51)35(20-31-22-42-25-43-31)46-39(50)34(47-41(52)53-24-28-12-7-6-8-13-28)19-30-16-11-15-29-14-9-10-17-32(29)30/h6-17,22,25-27,33-37,48,54H,5,18-21,23-24H2,1-4H3,(H,42,43)(H,44,49)(H,45,51)(H,46,50)(H,47,52)/t27-,33-,34-,35-,36+,37-/m0/s1. The van der Waals surface area contributed by atoms with Crippen molar-refractivity contribution < 1.29 is 29.0 Å². The molecule has 4 rings (SSSR count). The molecule has 0 aliphatic heterocycles. The summed E-state index contributed by atoms with van der Waals surface area (Å²) in [6.45, 7) is 7.81. The van der Waals surface area contributed by atoms with Gasteiger partial charge in [-0.05, 0) is 40.2 Å². The number of imidazole rings is 1. The first kappa shape index (κ1) is 41.9. The van der Waals surface area contributed by atoms with E-state index in [1.165, 1.54) is 6.33 Å². The number of amides is 4. The smallest absolute Gasteiger partial charge is 0.408 e. The van der Waals surface area contributed by atoms with Gasteiger partial charge < -0.3 is 36.1 Å². The van der Waals surface area contributed by atoms with Crippen molar-refractivity contribution in [3.8, 4) is 0 Å². The molecular formula is C41H54N6O6S. The van der Waals surface area contributed by atoms with E-state index in [0.29, 0.717) is 12.1 Å². The van der Waals surface area contributed by atoms with Crippen LogP contribution in [0.2, 0.25) is 0 Å². The normalized spacial score (nSPS) is 14.6. The van der Waals surface area contributed by atoms with Crippen molar-refractivity contribution in [1.29, 1.82) is 0 Å². The number of thiol groups is 1. The molecule has 1 aromatic heterocycles. The Morgan fingerprint density at radius 1 is 0.833 bits per heavy atom. The Kier molecular flexibility index (Phi) is 16.4. The van der Waals surface area contributed by atoms with Crippen LogP contribution in [0.5, 0.6) is 0 Å². The number of fused-ring (bicyclic) bond motifs is 1.